The molecule has 0 bridgehead atoms. The van der Waals surface area contributed by atoms with Gasteiger partial charge in [-0.15, -0.1) is 0 Å². The van der Waals surface area contributed by atoms with E-state index < -0.39 is 0 Å². The third kappa shape index (κ3) is 3.67. The number of carbonyl (C=O) groups is 1. The zero-order valence-corrected chi connectivity index (χ0v) is 11.5. The molecule has 0 aliphatic carbocycles. The molecule has 0 fully saturated rings. The summed E-state index contributed by atoms with van der Waals surface area (Å²) in [6.45, 7) is 10.2. The van der Waals surface area contributed by atoms with Crippen LogP contribution < -0.4 is 5.73 Å². The van der Waals surface area contributed by atoms with Crippen molar-refractivity contribution in [1.82, 2.24) is 0 Å². The van der Waals surface area contributed by atoms with Crippen molar-refractivity contribution in [2.24, 2.45) is 11.1 Å². The molecular formula is C15H23NO. The fourth-order valence-corrected chi connectivity index (χ4v) is 1.74. The molecular weight excluding hydrogens is 210 g/mol. The van der Waals surface area contributed by atoms with Crippen molar-refractivity contribution in [3.8, 4) is 0 Å². The average molecular weight is 233 g/mol. The van der Waals surface area contributed by atoms with E-state index in [0.29, 0.717) is 6.42 Å². The van der Waals surface area contributed by atoms with Crippen molar-refractivity contribution in [1.29, 1.82) is 0 Å². The van der Waals surface area contributed by atoms with Crippen LogP contribution in [0, 0.1) is 19.3 Å². The average Bonchev–Trinajstić information content (AvgIpc) is 2.15. The number of aryl methyl sites for hydroxylation is 2. The van der Waals surface area contributed by atoms with Gasteiger partial charge < -0.3 is 5.73 Å². The standard InChI is InChI=1S/C15H23NO/c1-10-6-7-12(11(2)8-10)13(17)9-14(16)15(3,4)5/h6-8,14H,9,16H2,1-5H3. The molecule has 1 aromatic carbocycles. The molecule has 0 aliphatic rings. The fraction of sp³-hybridized carbons (Fsp3) is 0.533. The lowest BCUT2D eigenvalue weighted by Crippen LogP contribution is -2.37. The Hall–Kier alpha value is -1.15. The quantitative estimate of drug-likeness (QED) is 0.814. The first-order chi connectivity index (χ1) is 7.71. The molecule has 2 nitrogen and oxygen atoms in total. The molecule has 2 heteroatoms. The van der Waals surface area contributed by atoms with Crippen molar-refractivity contribution in [3.63, 3.8) is 0 Å². The lowest BCUT2D eigenvalue weighted by Gasteiger charge is -2.26. The van der Waals surface area contributed by atoms with Gasteiger partial charge >= 0.3 is 0 Å². The van der Waals surface area contributed by atoms with E-state index in [9.17, 15) is 4.79 Å². The Kier molecular flexibility index (Phi) is 4.10. The highest BCUT2D eigenvalue weighted by atomic mass is 16.1. The summed E-state index contributed by atoms with van der Waals surface area (Å²) in [5, 5.41) is 0. The van der Waals surface area contributed by atoms with Gasteiger partial charge in [-0.3, -0.25) is 4.79 Å². The Morgan fingerprint density at radius 2 is 1.88 bits per heavy atom. The monoisotopic (exact) mass is 233 g/mol. The zero-order valence-electron chi connectivity index (χ0n) is 11.5. The molecule has 0 heterocycles. The van der Waals surface area contributed by atoms with E-state index in [1.165, 1.54) is 5.56 Å². The van der Waals surface area contributed by atoms with E-state index in [0.717, 1.165) is 11.1 Å². The second-order valence-corrected chi connectivity index (χ2v) is 5.92. The summed E-state index contributed by atoms with van der Waals surface area (Å²) in [6, 6.07) is 5.82. The maximum absolute atomic E-state index is 12.2. The molecule has 0 spiro atoms. The van der Waals surface area contributed by atoms with Gasteiger partial charge in [-0.2, -0.15) is 0 Å². The van der Waals surface area contributed by atoms with E-state index in [-0.39, 0.29) is 17.2 Å². The van der Waals surface area contributed by atoms with Crippen LogP contribution in [0.4, 0.5) is 0 Å². The Morgan fingerprint density at radius 3 is 2.35 bits per heavy atom. The molecule has 0 aliphatic heterocycles. The van der Waals surface area contributed by atoms with Gasteiger partial charge in [0.1, 0.15) is 0 Å². The van der Waals surface area contributed by atoms with E-state index in [1.807, 2.05) is 32.0 Å². The van der Waals surface area contributed by atoms with Crippen LogP contribution in [0.1, 0.15) is 48.7 Å². The zero-order chi connectivity index (χ0) is 13.2. The molecule has 2 N–H and O–H groups in total. The first-order valence-electron chi connectivity index (χ1n) is 6.08. The molecule has 1 unspecified atom stereocenters. The molecule has 1 atom stereocenters. The second kappa shape index (κ2) is 5.01. The molecule has 0 aromatic heterocycles. The molecule has 1 rings (SSSR count). The predicted molar refractivity (Wildman–Crippen MR) is 72.3 cm³/mol. The van der Waals surface area contributed by atoms with Gasteiger partial charge in [-0.25, -0.2) is 0 Å². The lowest BCUT2D eigenvalue weighted by atomic mass is 9.83. The van der Waals surface area contributed by atoms with Gasteiger partial charge in [0, 0.05) is 18.0 Å². The molecule has 0 saturated heterocycles. The number of benzene rings is 1. The summed E-state index contributed by atoms with van der Waals surface area (Å²) in [6.07, 6.45) is 0.410. The highest BCUT2D eigenvalue weighted by Gasteiger charge is 2.24. The lowest BCUT2D eigenvalue weighted by molar-refractivity contribution is 0.0952. The van der Waals surface area contributed by atoms with Gasteiger partial charge in [-0.05, 0) is 24.8 Å². The van der Waals surface area contributed by atoms with E-state index in [1.54, 1.807) is 0 Å². The van der Waals surface area contributed by atoms with Gasteiger partial charge in [0.25, 0.3) is 0 Å². The van der Waals surface area contributed by atoms with E-state index in [4.69, 9.17) is 5.73 Å². The highest BCUT2D eigenvalue weighted by molar-refractivity contribution is 5.97. The molecule has 0 saturated carbocycles. The summed E-state index contributed by atoms with van der Waals surface area (Å²) < 4.78 is 0. The van der Waals surface area contributed by atoms with E-state index >= 15 is 0 Å². The molecule has 17 heavy (non-hydrogen) atoms. The summed E-state index contributed by atoms with van der Waals surface area (Å²) in [5.74, 6) is 0.143. The third-order valence-corrected chi connectivity index (χ3v) is 3.20. The fourth-order valence-electron chi connectivity index (χ4n) is 1.74. The second-order valence-electron chi connectivity index (χ2n) is 5.92. The number of carbonyl (C=O) groups excluding carboxylic acids is 1. The summed E-state index contributed by atoms with van der Waals surface area (Å²) in [7, 11) is 0. The maximum Gasteiger partial charge on any atom is 0.164 e. The molecule has 94 valence electrons. The maximum atomic E-state index is 12.2. The molecule has 1 aromatic rings. The largest absolute Gasteiger partial charge is 0.327 e. The Labute approximate surface area is 104 Å². The topological polar surface area (TPSA) is 43.1 Å². The van der Waals surface area contributed by atoms with Crippen LogP contribution >= 0.6 is 0 Å². The highest BCUT2D eigenvalue weighted by Crippen LogP contribution is 2.22. The number of Topliss-reactive ketones (excluding diaryl/α,β-unsaturated/α-hetero) is 1. The normalized spacial score (nSPS) is 13.5. The Balaban J connectivity index is 2.84. The van der Waals surface area contributed by atoms with Gasteiger partial charge in [-0.1, -0.05) is 44.5 Å². The number of ketones is 1. The number of hydrogen-bond donors (Lipinski definition) is 1. The van der Waals surface area contributed by atoms with Gasteiger partial charge in [0.15, 0.2) is 5.78 Å². The van der Waals surface area contributed by atoms with Gasteiger partial charge in [0.2, 0.25) is 0 Å². The van der Waals surface area contributed by atoms with Crippen molar-refractivity contribution >= 4 is 5.78 Å². The van der Waals surface area contributed by atoms with Crippen LogP contribution in [0.25, 0.3) is 0 Å². The Bertz CT molecular complexity index is 415. The minimum atomic E-state index is -0.101. The van der Waals surface area contributed by atoms with E-state index in [2.05, 4.69) is 20.8 Å². The van der Waals surface area contributed by atoms with Crippen LogP contribution in [0.2, 0.25) is 0 Å². The summed E-state index contributed by atoms with van der Waals surface area (Å²) >= 11 is 0. The number of nitrogens with two attached hydrogens (primary N) is 1. The smallest absolute Gasteiger partial charge is 0.164 e. The molecule has 0 radical (unpaired) electrons. The predicted octanol–water partition coefficient (Wildman–Crippen LogP) is 3.25. The van der Waals surface area contributed by atoms with Crippen molar-refractivity contribution in [2.75, 3.05) is 0 Å². The minimum Gasteiger partial charge on any atom is -0.327 e. The van der Waals surface area contributed by atoms with Crippen LogP contribution in [-0.4, -0.2) is 11.8 Å². The summed E-state index contributed by atoms with van der Waals surface area (Å²) in [4.78, 5) is 12.2. The SMILES string of the molecule is Cc1ccc(C(=O)CC(N)C(C)(C)C)c(C)c1. The van der Waals surface area contributed by atoms with Crippen molar-refractivity contribution in [2.45, 2.75) is 47.1 Å². The first kappa shape index (κ1) is 13.9. The van der Waals surface area contributed by atoms with Crippen LogP contribution in [0.5, 0.6) is 0 Å². The van der Waals surface area contributed by atoms with Crippen molar-refractivity contribution < 1.29 is 4.79 Å². The first-order valence-corrected chi connectivity index (χ1v) is 6.08. The van der Waals surface area contributed by atoms with Crippen LogP contribution in [-0.2, 0) is 0 Å². The van der Waals surface area contributed by atoms with Crippen LogP contribution in [0.3, 0.4) is 0 Å². The van der Waals surface area contributed by atoms with Gasteiger partial charge in [0.05, 0.1) is 0 Å². The number of rotatable bonds is 3. The molecule has 0 amide bonds. The summed E-state index contributed by atoms with van der Waals surface area (Å²) in [5.41, 5.74) is 9.03. The Morgan fingerprint density at radius 1 is 1.29 bits per heavy atom. The number of hydrogen-bond acceptors (Lipinski definition) is 2. The minimum absolute atomic E-state index is 0.0335. The van der Waals surface area contributed by atoms with Crippen molar-refractivity contribution in [3.05, 3.63) is 34.9 Å². The third-order valence-electron chi connectivity index (χ3n) is 3.20. The van der Waals surface area contributed by atoms with Crippen LogP contribution in [0.15, 0.2) is 18.2 Å².